The first-order valence-electron chi connectivity index (χ1n) is 7.17. The smallest absolute Gasteiger partial charge is 0.280 e. The Morgan fingerprint density at radius 2 is 2.05 bits per heavy atom. The van der Waals surface area contributed by atoms with Crippen LogP contribution >= 0.6 is 12.4 Å². The summed E-state index contributed by atoms with van der Waals surface area (Å²) in [5, 5.41) is 11.5. The topological polar surface area (TPSA) is 80.2 Å². The molecule has 3 rings (SSSR count). The number of rotatable bonds is 2. The highest BCUT2D eigenvalue weighted by atomic mass is 35.5. The van der Waals surface area contributed by atoms with Crippen LogP contribution < -0.4 is 5.32 Å². The fourth-order valence-corrected chi connectivity index (χ4v) is 2.30. The number of nitrogens with one attached hydrogen (secondary N) is 1. The highest BCUT2D eigenvalue weighted by Gasteiger charge is 2.27. The first-order valence-corrected chi connectivity index (χ1v) is 7.17. The maximum atomic E-state index is 5.36. The SMILES string of the molecule is CN1CCNCC1c1noc(-c2cc(C(C)(C)C)on2)n1.Cl. The molecule has 2 aromatic heterocycles. The van der Waals surface area contributed by atoms with E-state index in [1.807, 2.05) is 6.07 Å². The fourth-order valence-electron chi connectivity index (χ4n) is 2.30. The summed E-state index contributed by atoms with van der Waals surface area (Å²) in [7, 11) is 2.06. The van der Waals surface area contributed by atoms with E-state index in [4.69, 9.17) is 9.05 Å². The molecule has 1 fully saturated rings. The number of piperazine rings is 1. The third-order valence-corrected chi connectivity index (χ3v) is 3.72. The first kappa shape index (κ1) is 16.9. The van der Waals surface area contributed by atoms with Crippen LogP contribution in [-0.4, -0.2) is 46.9 Å². The summed E-state index contributed by atoms with van der Waals surface area (Å²) < 4.78 is 10.7. The van der Waals surface area contributed by atoms with E-state index in [-0.39, 0.29) is 23.9 Å². The van der Waals surface area contributed by atoms with Gasteiger partial charge in [0.1, 0.15) is 5.76 Å². The predicted octanol–water partition coefficient (Wildman–Crippen LogP) is 2.02. The molecule has 0 spiro atoms. The van der Waals surface area contributed by atoms with Crippen LogP contribution in [0, 0.1) is 0 Å². The summed E-state index contributed by atoms with van der Waals surface area (Å²) in [6.07, 6.45) is 0. The molecule has 0 aliphatic carbocycles. The molecule has 22 heavy (non-hydrogen) atoms. The largest absolute Gasteiger partial charge is 0.360 e. The highest BCUT2D eigenvalue weighted by molar-refractivity contribution is 5.85. The Labute approximate surface area is 135 Å². The van der Waals surface area contributed by atoms with E-state index in [1.54, 1.807) is 0 Å². The van der Waals surface area contributed by atoms with Gasteiger partial charge in [-0.2, -0.15) is 4.98 Å². The molecular formula is C14H22ClN5O2. The van der Waals surface area contributed by atoms with Crippen molar-refractivity contribution in [1.82, 2.24) is 25.5 Å². The van der Waals surface area contributed by atoms with Gasteiger partial charge in [-0.25, -0.2) is 0 Å². The van der Waals surface area contributed by atoms with E-state index in [9.17, 15) is 0 Å². The van der Waals surface area contributed by atoms with Crippen molar-refractivity contribution in [3.63, 3.8) is 0 Å². The lowest BCUT2D eigenvalue weighted by Gasteiger charge is -2.30. The lowest BCUT2D eigenvalue weighted by molar-refractivity contribution is 0.190. The minimum absolute atomic E-state index is 0. The Hall–Kier alpha value is -1.44. The van der Waals surface area contributed by atoms with Crippen molar-refractivity contribution < 1.29 is 9.05 Å². The van der Waals surface area contributed by atoms with Crippen molar-refractivity contribution in [3.8, 4) is 11.6 Å². The molecule has 7 nitrogen and oxygen atoms in total. The number of nitrogens with zero attached hydrogens (tertiary/aromatic N) is 4. The molecule has 1 aliphatic heterocycles. The molecule has 0 radical (unpaired) electrons. The van der Waals surface area contributed by atoms with Crippen molar-refractivity contribution in [1.29, 1.82) is 0 Å². The Morgan fingerprint density at radius 1 is 1.27 bits per heavy atom. The zero-order valence-electron chi connectivity index (χ0n) is 13.3. The minimum atomic E-state index is -0.0956. The second-order valence-corrected chi connectivity index (χ2v) is 6.48. The zero-order chi connectivity index (χ0) is 15.0. The van der Waals surface area contributed by atoms with Gasteiger partial charge in [0, 0.05) is 31.1 Å². The van der Waals surface area contributed by atoms with Crippen molar-refractivity contribution >= 4 is 12.4 Å². The van der Waals surface area contributed by atoms with Gasteiger partial charge in [0.25, 0.3) is 5.89 Å². The van der Waals surface area contributed by atoms with Gasteiger partial charge in [-0.15, -0.1) is 12.4 Å². The molecule has 0 aromatic carbocycles. The average molecular weight is 328 g/mol. The number of likely N-dealkylation sites (N-methyl/N-ethyl adjacent to an activating group) is 1. The van der Waals surface area contributed by atoms with Crippen LogP contribution in [0.15, 0.2) is 15.1 Å². The molecule has 122 valence electrons. The summed E-state index contributed by atoms with van der Waals surface area (Å²) in [5.41, 5.74) is 0.492. The van der Waals surface area contributed by atoms with Gasteiger partial charge in [-0.1, -0.05) is 31.1 Å². The van der Waals surface area contributed by atoms with Gasteiger partial charge >= 0.3 is 0 Å². The van der Waals surface area contributed by atoms with E-state index < -0.39 is 0 Å². The number of aromatic nitrogens is 3. The highest BCUT2D eigenvalue weighted by Crippen LogP contribution is 2.27. The van der Waals surface area contributed by atoms with Crippen molar-refractivity contribution in [2.45, 2.75) is 32.2 Å². The van der Waals surface area contributed by atoms with Gasteiger partial charge < -0.3 is 14.4 Å². The number of hydrogen-bond donors (Lipinski definition) is 1. The average Bonchev–Trinajstić information content (AvgIpc) is 3.07. The number of halogens is 1. The number of hydrogen-bond acceptors (Lipinski definition) is 7. The Morgan fingerprint density at radius 3 is 2.68 bits per heavy atom. The molecule has 1 N–H and O–H groups in total. The standard InChI is InChI=1S/C14H21N5O2.ClH/c1-14(2,3)11-7-9(17-20-11)13-16-12(18-21-13)10-8-15-5-6-19(10)4;/h7,10,15H,5-6,8H2,1-4H3;1H. The quantitative estimate of drug-likeness (QED) is 0.903. The van der Waals surface area contributed by atoms with Crippen LogP contribution in [0.2, 0.25) is 0 Å². The van der Waals surface area contributed by atoms with E-state index in [0.717, 1.165) is 25.4 Å². The van der Waals surface area contributed by atoms with E-state index in [2.05, 4.69) is 53.3 Å². The molecule has 2 aromatic rings. The van der Waals surface area contributed by atoms with Crippen molar-refractivity contribution in [2.24, 2.45) is 0 Å². The maximum absolute atomic E-state index is 5.36. The molecule has 0 saturated carbocycles. The van der Waals surface area contributed by atoms with E-state index in [0.29, 0.717) is 17.4 Å². The van der Waals surface area contributed by atoms with Gasteiger partial charge in [-0.3, -0.25) is 4.90 Å². The third-order valence-electron chi connectivity index (χ3n) is 3.72. The molecule has 3 heterocycles. The summed E-state index contributed by atoms with van der Waals surface area (Å²) in [6, 6.07) is 1.99. The fraction of sp³-hybridized carbons (Fsp3) is 0.643. The Balaban J connectivity index is 0.00000176. The minimum Gasteiger partial charge on any atom is -0.360 e. The lowest BCUT2D eigenvalue weighted by atomic mass is 9.93. The van der Waals surface area contributed by atoms with Gasteiger partial charge in [-0.05, 0) is 7.05 Å². The Bertz CT molecular complexity index is 619. The van der Waals surface area contributed by atoms with Crippen LogP contribution in [0.25, 0.3) is 11.6 Å². The summed E-state index contributed by atoms with van der Waals surface area (Å²) in [4.78, 5) is 6.68. The van der Waals surface area contributed by atoms with Crippen LogP contribution in [0.4, 0.5) is 0 Å². The molecular weight excluding hydrogens is 306 g/mol. The molecule has 1 unspecified atom stereocenters. The van der Waals surface area contributed by atoms with Gasteiger partial charge in [0.05, 0.1) is 6.04 Å². The second-order valence-electron chi connectivity index (χ2n) is 6.48. The third kappa shape index (κ3) is 3.31. The van der Waals surface area contributed by atoms with Crippen LogP contribution in [-0.2, 0) is 5.41 Å². The van der Waals surface area contributed by atoms with Crippen LogP contribution in [0.5, 0.6) is 0 Å². The molecule has 0 amide bonds. The van der Waals surface area contributed by atoms with Crippen LogP contribution in [0.3, 0.4) is 0 Å². The monoisotopic (exact) mass is 327 g/mol. The van der Waals surface area contributed by atoms with Crippen molar-refractivity contribution in [3.05, 3.63) is 17.7 Å². The normalized spacial score (nSPS) is 19.9. The summed E-state index contributed by atoms with van der Waals surface area (Å²) in [6.45, 7) is 8.97. The zero-order valence-corrected chi connectivity index (χ0v) is 14.1. The summed E-state index contributed by atoms with van der Waals surface area (Å²) >= 11 is 0. The predicted molar refractivity (Wildman–Crippen MR) is 84.0 cm³/mol. The lowest BCUT2D eigenvalue weighted by Crippen LogP contribution is -2.44. The summed E-state index contributed by atoms with van der Waals surface area (Å²) in [5.74, 6) is 1.89. The van der Waals surface area contributed by atoms with Crippen LogP contribution in [0.1, 0.15) is 38.4 Å². The van der Waals surface area contributed by atoms with E-state index >= 15 is 0 Å². The van der Waals surface area contributed by atoms with E-state index in [1.165, 1.54) is 0 Å². The molecule has 8 heteroatoms. The maximum Gasteiger partial charge on any atom is 0.280 e. The second kappa shape index (κ2) is 6.36. The molecule has 1 atom stereocenters. The van der Waals surface area contributed by atoms with Crippen molar-refractivity contribution in [2.75, 3.05) is 26.7 Å². The Kier molecular flexibility index (Phi) is 4.89. The first-order chi connectivity index (χ1) is 9.95. The molecule has 1 saturated heterocycles. The van der Waals surface area contributed by atoms with Gasteiger partial charge in [0.15, 0.2) is 11.5 Å². The van der Waals surface area contributed by atoms with Gasteiger partial charge in [0.2, 0.25) is 0 Å². The molecule has 0 bridgehead atoms. The molecule has 1 aliphatic rings.